The van der Waals surface area contributed by atoms with Gasteiger partial charge in [-0.05, 0) is 56.1 Å². The average molecular weight is 428 g/mol. The Morgan fingerprint density at radius 2 is 1.68 bits per heavy atom. The Bertz CT molecular complexity index is 990. The fourth-order valence-corrected chi connectivity index (χ4v) is 3.74. The van der Waals surface area contributed by atoms with Gasteiger partial charge in [0.05, 0.1) is 20.3 Å². The van der Waals surface area contributed by atoms with Crippen LogP contribution in [0.4, 0.5) is 4.39 Å². The van der Waals surface area contributed by atoms with Gasteiger partial charge in [-0.1, -0.05) is 6.07 Å². The van der Waals surface area contributed by atoms with Gasteiger partial charge in [0.1, 0.15) is 11.7 Å². The number of likely N-dealkylation sites (N-methyl/N-ethyl adjacent to an activating group) is 1. The summed E-state index contributed by atoms with van der Waals surface area (Å²) in [5.41, 5.74) is 0.753. The van der Waals surface area contributed by atoms with Crippen LogP contribution in [0.2, 0.25) is 0 Å². The van der Waals surface area contributed by atoms with Crippen LogP contribution in [-0.4, -0.2) is 68.7 Å². The van der Waals surface area contributed by atoms with Crippen molar-refractivity contribution in [2.45, 2.75) is 6.04 Å². The van der Waals surface area contributed by atoms with Crippen LogP contribution in [-0.2, 0) is 9.59 Å². The van der Waals surface area contributed by atoms with Gasteiger partial charge in [0.25, 0.3) is 5.91 Å². The molecule has 31 heavy (non-hydrogen) atoms. The molecule has 1 aliphatic heterocycles. The molecule has 1 saturated heterocycles. The third kappa shape index (κ3) is 4.44. The Kier molecular flexibility index (Phi) is 6.70. The fourth-order valence-electron chi connectivity index (χ4n) is 3.74. The highest BCUT2D eigenvalue weighted by Crippen LogP contribution is 2.41. The molecule has 1 aliphatic rings. The van der Waals surface area contributed by atoms with Gasteiger partial charge < -0.3 is 19.3 Å². The molecule has 0 N–H and O–H groups in total. The van der Waals surface area contributed by atoms with Crippen molar-refractivity contribution in [2.75, 3.05) is 41.4 Å². The lowest BCUT2D eigenvalue weighted by Gasteiger charge is -2.28. The van der Waals surface area contributed by atoms with E-state index >= 15 is 0 Å². The molecule has 164 valence electrons. The molecule has 8 heteroatoms. The number of hydrogen-bond donors (Lipinski definition) is 0. The summed E-state index contributed by atoms with van der Waals surface area (Å²) >= 11 is 0. The number of Topliss-reactive ketones (excluding diaryl/α,β-unsaturated/α-hetero) is 2. The minimum absolute atomic E-state index is 0.174. The maximum Gasteiger partial charge on any atom is 0.291 e. The number of hydrogen-bond acceptors (Lipinski definition) is 6. The number of benzene rings is 2. The highest BCUT2D eigenvalue weighted by molar-refractivity contribution is 6.44. The maximum absolute atomic E-state index is 13.3. The second kappa shape index (κ2) is 9.26. The first-order valence-electron chi connectivity index (χ1n) is 9.79. The molecule has 1 fully saturated rings. The molecular formula is C23H25FN2O5. The van der Waals surface area contributed by atoms with E-state index in [2.05, 4.69) is 0 Å². The number of likely N-dealkylation sites (tertiary alicyclic amines) is 1. The van der Waals surface area contributed by atoms with E-state index in [0.717, 1.165) is 12.1 Å². The standard InChI is InChI=1S/C23H25FN2O5/c1-25(2)11-12-26-20(15-7-10-17(30-3)18(13-15)31-4)19(22(28)23(26)29)21(27)14-5-8-16(24)9-6-14/h5-10,13,19-20H,11-12H2,1-4H3. The van der Waals surface area contributed by atoms with Crippen LogP contribution in [0.15, 0.2) is 42.5 Å². The first kappa shape index (κ1) is 22.4. The average Bonchev–Trinajstić information content (AvgIpc) is 3.01. The van der Waals surface area contributed by atoms with E-state index in [9.17, 15) is 18.8 Å². The molecule has 7 nitrogen and oxygen atoms in total. The van der Waals surface area contributed by atoms with E-state index in [4.69, 9.17) is 9.47 Å². The zero-order valence-electron chi connectivity index (χ0n) is 17.9. The highest BCUT2D eigenvalue weighted by atomic mass is 19.1. The number of amides is 1. The Balaban J connectivity index is 2.08. The molecule has 0 radical (unpaired) electrons. The molecule has 2 aromatic rings. The molecule has 2 unspecified atom stereocenters. The summed E-state index contributed by atoms with van der Waals surface area (Å²) < 4.78 is 24.0. The van der Waals surface area contributed by atoms with Crippen molar-refractivity contribution in [3.8, 4) is 11.5 Å². The summed E-state index contributed by atoms with van der Waals surface area (Å²) in [4.78, 5) is 42.4. The molecule has 0 aliphatic carbocycles. The second-order valence-electron chi connectivity index (χ2n) is 7.57. The van der Waals surface area contributed by atoms with Crippen LogP contribution in [0.1, 0.15) is 22.0 Å². The number of carbonyl (C=O) groups excluding carboxylic acids is 3. The number of ketones is 2. The summed E-state index contributed by atoms with van der Waals surface area (Å²) in [5, 5.41) is 0. The van der Waals surface area contributed by atoms with Gasteiger partial charge in [-0.25, -0.2) is 4.39 Å². The number of halogens is 1. The van der Waals surface area contributed by atoms with Gasteiger partial charge in [-0.3, -0.25) is 14.4 Å². The summed E-state index contributed by atoms with van der Waals surface area (Å²) in [6.45, 7) is 0.782. The Labute approximate surface area is 180 Å². The van der Waals surface area contributed by atoms with Crippen molar-refractivity contribution >= 4 is 17.5 Å². The highest BCUT2D eigenvalue weighted by Gasteiger charge is 2.51. The smallest absolute Gasteiger partial charge is 0.291 e. The molecule has 2 atom stereocenters. The minimum Gasteiger partial charge on any atom is -0.493 e. The first-order chi connectivity index (χ1) is 14.8. The van der Waals surface area contributed by atoms with Crippen LogP contribution < -0.4 is 9.47 Å². The second-order valence-corrected chi connectivity index (χ2v) is 7.57. The van der Waals surface area contributed by atoms with E-state index in [-0.39, 0.29) is 12.1 Å². The first-order valence-corrected chi connectivity index (χ1v) is 9.79. The van der Waals surface area contributed by atoms with E-state index in [1.165, 1.54) is 31.3 Å². The molecule has 0 bridgehead atoms. The molecule has 3 rings (SSSR count). The number of rotatable bonds is 8. The van der Waals surface area contributed by atoms with E-state index in [1.54, 1.807) is 18.2 Å². The van der Waals surface area contributed by atoms with Crippen LogP contribution in [0.3, 0.4) is 0 Å². The van der Waals surface area contributed by atoms with Gasteiger partial charge >= 0.3 is 0 Å². The normalized spacial score (nSPS) is 18.6. The monoisotopic (exact) mass is 428 g/mol. The van der Waals surface area contributed by atoms with Gasteiger partial charge in [-0.2, -0.15) is 0 Å². The van der Waals surface area contributed by atoms with Crippen molar-refractivity contribution in [3.63, 3.8) is 0 Å². The summed E-state index contributed by atoms with van der Waals surface area (Å²) in [6.07, 6.45) is 0. The predicted octanol–water partition coefficient (Wildman–Crippen LogP) is 2.36. The molecule has 2 aromatic carbocycles. The summed E-state index contributed by atoms with van der Waals surface area (Å²) in [7, 11) is 6.70. The molecule has 1 amide bonds. The Morgan fingerprint density at radius 3 is 2.26 bits per heavy atom. The van der Waals surface area contributed by atoms with Crippen LogP contribution >= 0.6 is 0 Å². The lowest BCUT2D eigenvalue weighted by Crippen LogP contribution is -2.36. The van der Waals surface area contributed by atoms with Crippen molar-refractivity contribution in [3.05, 3.63) is 59.4 Å². The minimum atomic E-state index is -1.24. The zero-order valence-corrected chi connectivity index (χ0v) is 17.9. The Hall–Kier alpha value is -3.26. The van der Waals surface area contributed by atoms with Gasteiger partial charge in [0.2, 0.25) is 5.78 Å². The van der Waals surface area contributed by atoms with E-state index < -0.39 is 35.3 Å². The molecule has 1 heterocycles. The molecule has 0 saturated carbocycles. The molecule has 0 aromatic heterocycles. The molecule has 0 spiro atoms. The SMILES string of the molecule is COc1ccc(C2C(C(=O)c3ccc(F)cc3)C(=O)C(=O)N2CCN(C)C)cc1OC. The van der Waals surface area contributed by atoms with Crippen molar-refractivity contribution in [2.24, 2.45) is 5.92 Å². The number of methoxy groups -OCH3 is 2. The Morgan fingerprint density at radius 1 is 1.03 bits per heavy atom. The zero-order chi connectivity index (χ0) is 22.7. The summed E-state index contributed by atoms with van der Waals surface area (Å²) in [5.74, 6) is -2.82. The van der Waals surface area contributed by atoms with Crippen LogP contribution in [0.5, 0.6) is 11.5 Å². The van der Waals surface area contributed by atoms with Crippen LogP contribution in [0, 0.1) is 11.7 Å². The predicted molar refractivity (Wildman–Crippen MR) is 112 cm³/mol. The number of carbonyl (C=O) groups is 3. The van der Waals surface area contributed by atoms with Gasteiger partial charge in [0, 0.05) is 18.7 Å². The van der Waals surface area contributed by atoms with E-state index in [0.29, 0.717) is 23.6 Å². The van der Waals surface area contributed by atoms with Crippen molar-refractivity contribution in [1.82, 2.24) is 9.80 Å². The fraction of sp³-hybridized carbons (Fsp3) is 0.348. The third-order valence-electron chi connectivity index (χ3n) is 5.35. The lowest BCUT2D eigenvalue weighted by molar-refractivity contribution is -0.140. The van der Waals surface area contributed by atoms with Crippen molar-refractivity contribution < 1.29 is 28.2 Å². The topological polar surface area (TPSA) is 76.2 Å². The van der Waals surface area contributed by atoms with Crippen molar-refractivity contribution in [1.29, 1.82) is 0 Å². The number of nitrogens with zero attached hydrogens (tertiary/aromatic N) is 2. The lowest BCUT2D eigenvalue weighted by atomic mass is 9.86. The molecular weight excluding hydrogens is 403 g/mol. The van der Waals surface area contributed by atoms with Crippen LogP contribution in [0.25, 0.3) is 0 Å². The largest absolute Gasteiger partial charge is 0.493 e. The van der Waals surface area contributed by atoms with Gasteiger partial charge in [-0.15, -0.1) is 0 Å². The number of ether oxygens (including phenoxy) is 2. The van der Waals surface area contributed by atoms with Gasteiger partial charge in [0.15, 0.2) is 17.3 Å². The summed E-state index contributed by atoms with van der Waals surface area (Å²) in [6, 6.07) is 9.21. The quantitative estimate of drug-likeness (QED) is 0.365. The maximum atomic E-state index is 13.3. The third-order valence-corrected chi connectivity index (χ3v) is 5.35. The van der Waals surface area contributed by atoms with E-state index in [1.807, 2.05) is 19.0 Å².